The zero-order valence-electron chi connectivity index (χ0n) is 12.3. The molecule has 0 bridgehead atoms. The molecule has 1 fully saturated rings. The summed E-state index contributed by atoms with van der Waals surface area (Å²) < 4.78 is 40.5. The van der Waals surface area contributed by atoms with Crippen LogP contribution in [0.25, 0.3) is 11.3 Å². The van der Waals surface area contributed by atoms with Gasteiger partial charge in [-0.3, -0.25) is 0 Å². The predicted molar refractivity (Wildman–Crippen MR) is 86.3 cm³/mol. The lowest BCUT2D eigenvalue weighted by atomic mass is 10.1. The Bertz CT molecular complexity index is 939. The van der Waals surface area contributed by atoms with E-state index in [0.717, 1.165) is 6.07 Å². The van der Waals surface area contributed by atoms with E-state index in [4.69, 9.17) is 16.9 Å². The molecule has 0 aliphatic carbocycles. The SMILES string of the molecule is N#Cc1nc(-c2ccc(S(=O)(=O)NC3CNC3)cc2Cl)ccc1F. The molecule has 2 heterocycles. The largest absolute Gasteiger partial charge is 0.313 e. The van der Waals surface area contributed by atoms with Crippen LogP contribution in [0.5, 0.6) is 0 Å². The first kappa shape index (κ1) is 16.8. The van der Waals surface area contributed by atoms with Crippen molar-refractivity contribution in [3.63, 3.8) is 0 Å². The van der Waals surface area contributed by atoms with E-state index >= 15 is 0 Å². The van der Waals surface area contributed by atoms with E-state index in [1.165, 1.54) is 24.3 Å². The topological polar surface area (TPSA) is 94.9 Å². The van der Waals surface area contributed by atoms with Crippen molar-refractivity contribution in [1.82, 2.24) is 15.0 Å². The van der Waals surface area contributed by atoms with E-state index in [9.17, 15) is 12.8 Å². The van der Waals surface area contributed by atoms with Crippen LogP contribution in [0.2, 0.25) is 5.02 Å². The number of benzene rings is 1. The summed E-state index contributed by atoms with van der Waals surface area (Å²) in [4.78, 5) is 3.92. The standard InChI is InChI=1S/C15H12ClFN4O2S/c16-12-5-10(24(22,23)21-9-7-19-8-9)1-2-11(12)14-4-3-13(17)15(6-18)20-14/h1-5,9,19,21H,7-8H2. The number of nitrogens with one attached hydrogen (secondary N) is 2. The quantitative estimate of drug-likeness (QED) is 0.858. The molecule has 1 saturated heterocycles. The molecule has 0 radical (unpaired) electrons. The van der Waals surface area contributed by atoms with Crippen molar-refractivity contribution in [1.29, 1.82) is 5.26 Å². The van der Waals surface area contributed by atoms with Gasteiger partial charge in [-0.05, 0) is 30.3 Å². The van der Waals surface area contributed by atoms with Gasteiger partial charge in [-0.2, -0.15) is 5.26 Å². The molecular weight excluding hydrogens is 355 g/mol. The third kappa shape index (κ3) is 3.25. The molecule has 1 aliphatic heterocycles. The molecule has 1 aromatic heterocycles. The number of nitriles is 1. The summed E-state index contributed by atoms with van der Waals surface area (Å²) in [5.74, 6) is -0.727. The van der Waals surface area contributed by atoms with Crippen LogP contribution in [-0.2, 0) is 10.0 Å². The molecule has 124 valence electrons. The first-order valence-electron chi connectivity index (χ1n) is 7.00. The van der Waals surface area contributed by atoms with E-state index in [0.29, 0.717) is 18.7 Å². The smallest absolute Gasteiger partial charge is 0.240 e. The molecule has 2 aromatic rings. The van der Waals surface area contributed by atoms with Gasteiger partial charge < -0.3 is 5.32 Å². The molecule has 1 aliphatic rings. The van der Waals surface area contributed by atoms with Crippen molar-refractivity contribution in [2.45, 2.75) is 10.9 Å². The van der Waals surface area contributed by atoms with E-state index < -0.39 is 15.8 Å². The molecule has 9 heteroatoms. The molecule has 0 saturated carbocycles. The van der Waals surface area contributed by atoms with E-state index in [1.54, 1.807) is 6.07 Å². The van der Waals surface area contributed by atoms with Gasteiger partial charge in [-0.1, -0.05) is 11.6 Å². The number of aromatic nitrogens is 1. The van der Waals surface area contributed by atoms with E-state index in [2.05, 4.69) is 15.0 Å². The van der Waals surface area contributed by atoms with Gasteiger partial charge in [0.1, 0.15) is 6.07 Å². The predicted octanol–water partition coefficient (Wildman–Crippen LogP) is 1.66. The van der Waals surface area contributed by atoms with Gasteiger partial charge in [0.2, 0.25) is 10.0 Å². The van der Waals surface area contributed by atoms with Crippen LogP contribution in [0.4, 0.5) is 4.39 Å². The van der Waals surface area contributed by atoms with Gasteiger partial charge in [0.25, 0.3) is 0 Å². The highest BCUT2D eigenvalue weighted by Gasteiger charge is 2.25. The number of hydrogen-bond acceptors (Lipinski definition) is 5. The zero-order valence-corrected chi connectivity index (χ0v) is 13.8. The Morgan fingerprint density at radius 3 is 2.67 bits per heavy atom. The molecular formula is C15H12ClFN4O2S. The molecule has 24 heavy (non-hydrogen) atoms. The Hall–Kier alpha value is -2.05. The summed E-state index contributed by atoms with van der Waals surface area (Å²) in [5.41, 5.74) is 0.356. The maximum Gasteiger partial charge on any atom is 0.240 e. The molecule has 2 N–H and O–H groups in total. The highest BCUT2D eigenvalue weighted by Crippen LogP contribution is 2.29. The number of rotatable bonds is 4. The van der Waals surface area contributed by atoms with Gasteiger partial charge in [0.05, 0.1) is 15.6 Å². The zero-order chi connectivity index (χ0) is 17.3. The second-order valence-electron chi connectivity index (χ2n) is 5.26. The highest BCUT2D eigenvalue weighted by molar-refractivity contribution is 7.89. The van der Waals surface area contributed by atoms with Crippen molar-refractivity contribution < 1.29 is 12.8 Å². The molecule has 0 atom stereocenters. The fourth-order valence-electron chi connectivity index (χ4n) is 2.20. The lowest BCUT2D eigenvalue weighted by Gasteiger charge is -2.27. The van der Waals surface area contributed by atoms with Gasteiger partial charge in [0, 0.05) is 24.7 Å². The third-order valence-electron chi connectivity index (χ3n) is 3.58. The third-order valence-corrected chi connectivity index (χ3v) is 5.41. The summed E-state index contributed by atoms with van der Waals surface area (Å²) in [5, 5.41) is 12.0. The number of nitrogens with zero attached hydrogens (tertiary/aromatic N) is 2. The number of sulfonamides is 1. The Labute approximate surface area is 143 Å². The first-order chi connectivity index (χ1) is 11.4. The van der Waals surface area contributed by atoms with Gasteiger partial charge in [-0.25, -0.2) is 22.5 Å². The summed E-state index contributed by atoms with van der Waals surface area (Å²) in [7, 11) is -3.67. The minimum absolute atomic E-state index is 0.0331. The lowest BCUT2D eigenvalue weighted by Crippen LogP contribution is -2.56. The normalized spacial score (nSPS) is 14.9. The average Bonchev–Trinajstić information content (AvgIpc) is 2.52. The van der Waals surface area contributed by atoms with E-state index in [-0.39, 0.29) is 27.3 Å². The summed E-state index contributed by atoms with van der Waals surface area (Å²) in [6, 6.07) is 8.20. The Balaban J connectivity index is 1.94. The number of pyridine rings is 1. The molecule has 1 aromatic carbocycles. The van der Waals surface area contributed by atoms with Gasteiger partial charge >= 0.3 is 0 Å². The monoisotopic (exact) mass is 366 g/mol. The lowest BCUT2D eigenvalue weighted by molar-refractivity contribution is 0.410. The molecule has 6 nitrogen and oxygen atoms in total. The van der Waals surface area contributed by atoms with Crippen LogP contribution < -0.4 is 10.0 Å². The molecule has 0 unspecified atom stereocenters. The minimum atomic E-state index is -3.67. The maximum atomic E-state index is 13.4. The summed E-state index contributed by atoms with van der Waals surface area (Å²) in [6.07, 6.45) is 0. The average molecular weight is 367 g/mol. The fraction of sp³-hybridized carbons (Fsp3) is 0.200. The van der Waals surface area contributed by atoms with Crippen molar-refractivity contribution in [3.05, 3.63) is 46.9 Å². The summed E-state index contributed by atoms with van der Waals surface area (Å²) >= 11 is 6.17. The number of halogens is 2. The van der Waals surface area contributed by atoms with Gasteiger partial charge in [0.15, 0.2) is 11.5 Å². The molecule has 3 rings (SSSR count). The van der Waals surface area contributed by atoms with Crippen molar-refractivity contribution in [2.24, 2.45) is 0 Å². The maximum absolute atomic E-state index is 13.4. The van der Waals surface area contributed by atoms with Crippen LogP contribution in [-0.4, -0.2) is 32.5 Å². The number of hydrogen-bond donors (Lipinski definition) is 2. The minimum Gasteiger partial charge on any atom is -0.313 e. The van der Waals surface area contributed by atoms with Crippen molar-refractivity contribution in [2.75, 3.05) is 13.1 Å². The van der Waals surface area contributed by atoms with Crippen LogP contribution in [0, 0.1) is 17.1 Å². The van der Waals surface area contributed by atoms with Crippen LogP contribution in [0.1, 0.15) is 5.69 Å². The summed E-state index contributed by atoms with van der Waals surface area (Å²) in [6.45, 7) is 1.17. The second-order valence-corrected chi connectivity index (χ2v) is 7.38. The second kappa shape index (κ2) is 6.45. The van der Waals surface area contributed by atoms with Crippen LogP contribution >= 0.6 is 11.6 Å². The van der Waals surface area contributed by atoms with Gasteiger partial charge in [-0.15, -0.1) is 0 Å². The Kier molecular flexibility index (Phi) is 4.51. The van der Waals surface area contributed by atoms with E-state index in [1.807, 2.05) is 0 Å². The van der Waals surface area contributed by atoms with Crippen molar-refractivity contribution >= 4 is 21.6 Å². The fourth-order valence-corrected chi connectivity index (χ4v) is 3.80. The first-order valence-corrected chi connectivity index (χ1v) is 8.86. The molecule has 0 amide bonds. The Morgan fingerprint density at radius 1 is 1.33 bits per heavy atom. The Morgan fingerprint density at radius 2 is 2.08 bits per heavy atom. The van der Waals surface area contributed by atoms with Crippen LogP contribution in [0.3, 0.4) is 0 Å². The van der Waals surface area contributed by atoms with Crippen molar-refractivity contribution in [3.8, 4) is 17.3 Å². The van der Waals surface area contributed by atoms with Crippen LogP contribution in [0.15, 0.2) is 35.2 Å². The highest BCUT2D eigenvalue weighted by atomic mass is 35.5. The molecule has 0 spiro atoms.